The SMILES string of the molecule is C/C=C(C)/C(=C/C)CCNC. The van der Waals surface area contributed by atoms with Crippen LogP contribution in [0.25, 0.3) is 0 Å². The highest BCUT2D eigenvalue weighted by Gasteiger charge is 1.95. The fraction of sp³-hybridized carbons (Fsp3) is 0.600. The molecule has 64 valence electrons. The van der Waals surface area contributed by atoms with E-state index in [2.05, 4.69) is 38.2 Å². The van der Waals surface area contributed by atoms with Gasteiger partial charge in [0.1, 0.15) is 0 Å². The van der Waals surface area contributed by atoms with Crippen LogP contribution in [-0.4, -0.2) is 13.6 Å². The van der Waals surface area contributed by atoms with Gasteiger partial charge in [0.05, 0.1) is 0 Å². The number of allylic oxidation sites excluding steroid dienone is 3. The van der Waals surface area contributed by atoms with E-state index in [9.17, 15) is 0 Å². The maximum Gasteiger partial charge on any atom is -0.00114 e. The van der Waals surface area contributed by atoms with Gasteiger partial charge in [0.25, 0.3) is 0 Å². The van der Waals surface area contributed by atoms with Gasteiger partial charge in [-0.15, -0.1) is 0 Å². The van der Waals surface area contributed by atoms with E-state index in [0.717, 1.165) is 13.0 Å². The molecule has 0 aromatic rings. The number of hydrogen-bond acceptors (Lipinski definition) is 1. The molecule has 0 aliphatic rings. The van der Waals surface area contributed by atoms with Crippen LogP contribution in [0.2, 0.25) is 0 Å². The summed E-state index contributed by atoms with van der Waals surface area (Å²) in [4.78, 5) is 0. The summed E-state index contributed by atoms with van der Waals surface area (Å²) < 4.78 is 0. The van der Waals surface area contributed by atoms with Gasteiger partial charge in [-0.3, -0.25) is 0 Å². The van der Waals surface area contributed by atoms with Crippen LogP contribution in [0.4, 0.5) is 0 Å². The molecular formula is C10H19N. The third kappa shape index (κ3) is 3.99. The Morgan fingerprint density at radius 1 is 1.27 bits per heavy atom. The van der Waals surface area contributed by atoms with Crippen LogP contribution in [0.15, 0.2) is 23.3 Å². The molecule has 0 aromatic heterocycles. The molecule has 0 atom stereocenters. The fourth-order valence-corrected chi connectivity index (χ4v) is 1.01. The molecule has 0 rings (SSSR count). The predicted molar refractivity (Wildman–Crippen MR) is 51.7 cm³/mol. The van der Waals surface area contributed by atoms with Crippen LogP contribution >= 0.6 is 0 Å². The first-order valence-corrected chi connectivity index (χ1v) is 4.19. The van der Waals surface area contributed by atoms with Crippen molar-refractivity contribution in [2.45, 2.75) is 27.2 Å². The number of nitrogens with one attached hydrogen (secondary N) is 1. The second kappa shape index (κ2) is 6.17. The molecule has 1 nitrogen and oxygen atoms in total. The summed E-state index contributed by atoms with van der Waals surface area (Å²) in [6.45, 7) is 7.39. The molecule has 0 spiro atoms. The van der Waals surface area contributed by atoms with Crippen LogP contribution < -0.4 is 5.32 Å². The third-order valence-corrected chi connectivity index (χ3v) is 1.93. The standard InChI is InChI=1S/C10H19N/c1-5-9(3)10(6-2)7-8-11-4/h5-6,11H,7-8H2,1-4H3/b9-5+,10-6+. The molecule has 1 N–H and O–H groups in total. The third-order valence-electron chi connectivity index (χ3n) is 1.93. The molecule has 0 aliphatic carbocycles. The zero-order valence-electron chi connectivity index (χ0n) is 8.07. The van der Waals surface area contributed by atoms with Gasteiger partial charge in [0.2, 0.25) is 0 Å². The molecule has 0 bridgehead atoms. The van der Waals surface area contributed by atoms with E-state index < -0.39 is 0 Å². The van der Waals surface area contributed by atoms with Crippen LogP contribution in [0, 0.1) is 0 Å². The lowest BCUT2D eigenvalue weighted by Crippen LogP contribution is -2.08. The van der Waals surface area contributed by atoms with Crippen LogP contribution in [0.5, 0.6) is 0 Å². The predicted octanol–water partition coefficient (Wildman–Crippen LogP) is 2.51. The average molecular weight is 153 g/mol. The minimum Gasteiger partial charge on any atom is -0.319 e. The van der Waals surface area contributed by atoms with Crippen molar-refractivity contribution in [3.8, 4) is 0 Å². The van der Waals surface area contributed by atoms with Gasteiger partial charge < -0.3 is 5.32 Å². The van der Waals surface area contributed by atoms with E-state index in [1.54, 1.807) is 0 Å². The largest absolute Gasteiger partial charge is 0.319 e. The van der Waals surface area contributed by atoms with Crippen molar-refractivity contribution in [3.63, 3.8) is 0 Å². The molecule has 0 aromatic carbocycles. The first-order chi connectivity index (χ1) is 5.26. The lowest BCUT2D eigenvalue weighted by Gasteiger charge is -2.05. The Morgan fingerprint density at radius 2 is 1.91 bits per heavy atom. The van der Waals surface area contributed by atoms with E-state index in [4.69, 9.17) is 0 Å². The molecule has 11 heavy (non-hydrogen) atoms. The van der Waals surface area contributed by atoms with Crippen molar-refractivity contribution in [2.75, 3.05) is 13.6 Å². The molecule has 0 fully saturated rings. The van der Waals surface area contributed by atoms with Crippen molar-refractivity contribution in [3.05, 3.63) is 23.3 Å². The summed E-state index contributed by atoms with van der Waals surface area (Å²) in [6, 6.07) is 0. The highest BCUT2D eigenvalue weighted by Crippen LogP contribution is 2.11. The molecule has 0 saturated heterocycles. The van der Waals surface area contributed by atoms with E-state index in [-0.39, 0.29) is 0 Å². The molecule has 0 saturated carbocycles. The number of hydrogen-bond donors (Lipinski definition) is 1. The molecule has 0 radical (unpaired) electrons. The highest BCUT2D eigenvalue weighted by molar-refractivity contribution is 5.27. The van der Waals surface area contributed by atoms with Crippen molar-refractivity contribution in [1.82, 2.24) is 5.32 Å². The summed E-state index contributed by atoms with van der Waals surface area (Å²) in [5.41, 5.74) is 2.84. The summed E-state index contributed by atoms with van der Waals surface area (Å²) in [5, 5.41) is 3.14. The van der Waals surface area contributed by atoms with Crippen molar-refractivity contribution >= 4 is 0 Å². The van der Waals surface area contributed by atoms with Gasteiger partial charge in [0, 0.05) is 0 Å². The first-order valence-electron chi connectivity index (χ1n) is 4.19. The zero-order chi connectivity index (χ0) is 8.69. The Kier molecular flexibility index (Phi) is 5.86. The van der Waals surface area contributed by atoms with Gasteiger partial charge in [0.15, 0.2) is 0 Å². The fourth-order valence-electron chi connectivity index (χ4n) is 1.01. The first kappa shape index (κ1) is 10.4. The lowest BCUT2D eigenvalue weighted by atomic mass is 10.0. The Hall–Kier alpha value is -0.560. The van der Waals surface area contributed by atoms with Crippen LogP contribution in [-0.2, 0) is 0 Å². The maximum absolute atomic E-state index is 3.14. The molecule has 0 amide bonds. The molecule has 0 heterocycles. The Balaban J connectivity index is 3.98. The van der Waals surface area contributed by atoms with E-state index >= 15 is 0 Å². The zero-order valence-corrected chi connectivity index (χ0v) is 8.07. The van der Waals surface area contributed by atoms with Gasteiger partial charge in [-0.1, -0.05) is 17.7 Å². The molecule has 0 unspecified atom stereocenters. The minimum atomic E-state index is 1.06. The maximum atomic E-state index is 3.14. The second-order valence-electron chi connectivity index (χ2n) is 2.64. The van der Waals surface area contributed by atoms with Gasteiger partial charge >= 0.3 is 0 Å². The number of rotatable bonds is 4. The summed E-state index contributed by atoms with van der Waals surface area (Å²) in [6.07, 6.45) is 5.47. The van der Waals surface area contributed by atoms with Crippen LogP contribution in [0.1, 0.15) is 27.2 Å². The minimum absolute atomic E-state index is 1.06. The Morgan fingerprint density at radius 3 is 2.27 bits per heavy atom. The molecular weight excluding hydrogens is 134 g/mol. The average Bonchev–Trinajstić information content (AvgIpc) is 2.05. The topological polar surface area (TPSA) is 12.0 Å². The monoisotopic (exact) mass is 153 g/mol. The normalized spacial score (nSPS) is 13.8. The second-order valence-corrected chi connectivity index (χ2v) is 2.64. The summed E-state index contributed by atoms with van der Waals surface area (Å²) in [7, 11) is 1.98. The van der Waals surface area contributed by atoms with Crippen LogP contribution in [0.3, 0.4) is 0 Å². The lowest BCUT2D eigenvalue weighted by molar-refractivity contribution is 0.787. The van der Waals surface area contributed by atoms with Crippen molar-refractivity contribution < 1.29 is 0 Å². The van der Waals surface area contributed by atoms with E-state index in [0.29, 0.717) is 0 Å². The quantitative estimate of drug-likeness (QED) is 0.612. The summed E-state index contributed by atoms with van der Waals surface area (Å²) in [5.74, 6) is 0. The molecule has 0 aliphatic heterocycles. The van der Waals surface area contributed by atoms with Gasteiger partial charge in [-0.2, -0.15) is 0 Å². The van der Waals surface area contributed by atoms with Crippen molar-refractivity contribution in [1.29, 1.82) is 0 Å². The van der Waals surface area contributed by atoms with E-state index in [1.807, 2.05) is 7.05 Å². The Labute approximate surface area is 70.2 Å². The summed E-state index contributed by atoms with van der Waals surface area (Å²) >= 11 is 0. The molecule has 1 heteroatoms. The highest BCUT2D eigenvalue weighted by atomic mass is 14.8. The van der Waals surface area contributed by atoms with Gasteiger partial charge in [-0.05, 0) is 46.4 Å². The van der Waals surface area contributed by atoms with E-state index in [1.165, 1.54) is 11.1 Å². The van der Waals surface area contributed by atoms with Crippen molar-refractivity contribution in [2.24, 2.45) is 0 Å². The Bertz CT molecular complexity index is 154. The smallest absolute Gasteiger partial charge is 0.00114 e. The van der Waals surface area contributed by atoms with Gasteiger partial charge in [-0.25, -0.2) is 0 Å².